The molecule has 0 saturated heterocycles. The number of anilines is 1. The Kier molecular flexibility index (Phi) is 4.82. The van der Waals surface area contributed by atoms with Crippen molar-refractivity contribution >= 4 is 27.4 Å². The summed E-state index contributed by atoms with van der Waals surface area (Å²) in [6, 6.07) is 2.80. The second-order valence-electron chi connectivity index (χ2n) is 5.43. The van der Waals surface area contributed by atoms with Crippen LogP contribution in [0.25, 0.3) is 10.2 Å². The topological polar surface area (TPSA) is 49.8 Å². The summed E-state index contributed by atoms with van der Waals surface area (Å²) < 4.78 is 0. The highest BCUT2D eigenvalue weighted by molar-refractivity contribution is 7.16. The molecule has 2 aromatic heterocycles. The van der Waals surface area contributed by atoms with Crippen LogP contribution in [0.1, 0.15) is 38.5 Å². The number of fused-ring (bicyclic) bond motifs is 1. The van der Waals surface area contributed by atoms with E-state index in [1.54, 1.807) is 17.7 Å². The SMILES string of the molecule is c1nc(NCCNC2CCCCCC2)c2ccsc2n1. The van der Waals surface area contributed by atoms with Gasteiger partial charge in [0, 0.05) is 19.1 Å². The highest BCUT2D eigenvalue weighted by atomic mass is 32.1. The summed E-state index contributed by atoms with van der Waals surface area (Å²) in [5.74, 6) is 0.957. The molecule has 1 aliphatic rings. The van der Waals surface area contributed by atoms with Gasteiger partial charge in [-0.15, -0.1) is 11.3 Å². The second kappa shape index (κ2) is 6.99. The van der Waals surface area contributed by atoms with E-state index in [1.165, 1.54) is 38.5 Å². The maximum absolute atomic E-state index is 4.34. The third-order valence-electron chi connectivity index (χ3n) is 3.97. The van der Waals surface area contributed by atoms with Crippen molar-refractivity contribution in [2.75, 3.05) is 18.4 Å². The molecule has 0 bridgehead atoms. The first-order chi connectivity index (χ1) is 9.93. The van der Waals surface area contributed by atoms with Gasteiger partial charge < -0.3 is 10.6 Å². The summed E-state index contributed by atoms with van der Waals surface area (Å²) in [5, 5.41) is 10.3. The Morgan fingerprint density at radius 2 is 1.95 bits per heavy atom. The maximum Gasteiger partial charge on any atom is 0.138 e. The molecule has 108 valence electrons. The Morgan fingerprint density at radius 1 is 1.10 bits per heavy atom. The number of hydrogen-bond acceptors (Lipinski definition) is 5. The van der Waals surface area contributed by atoms with Crippen molar-refractivity contribution < 1.29 is 0 Å². The van der Waals surface area contributed by atoms with Gasteiger partial charge in [0.2, 0.25) is 0 Å². The molecule has 0 atom stereocenters. The molecule has 2 aromatic rings. The summed E-state index contributed by atoms with van der Waals surface area (Å²) in [4.78, 5) is 9.66. The number of aromatic nitrogens is 2. The monoisotopic (exact) mass is 290 g/mol. The lowest BCUT2D eigenvalue weighted by molar-refractivity contribution is 0.468. The Balaban J connectivity index is 1.46. The normalized spacial score (nSPS) is 17.2. The van der Waals surface area contributed by atoms with Gasteiger partial charge in [-0.1, -0.05) is 25.7 Å². The Morgan fingerprint density at radius 3 is 2.80 bits per heavy atom. The van der Waals surface area contributed by atoms with Crippen LogP contribution in [0.4, 0.5) is 5.82 Å². The van der Waals surface area contributed by atoms with Crippen LogP contribution in [-0.4, -0.2) is 29.1 Å². The molecule has 1 fully saturated rings. The van der Waals surface area contributed by atoms with E-state index >= 15 is 0 Å². The fourth-order valence-corrected chi connectivity index (χ4v) is 3.60. The van der Waals surface area contributed by atoms with Gasteiger partial charge in [-0.25, -0.2) is 9.97 Å². The predicted molar refractivity (Wildman–Crippen MR) is 85.4 cm³/mol. The zero-order valence-electron chi connectivity index (χ0n) is 11.8. The van der Waals surface area contributed by atoms with Crippen LogP contribution in [0.15, 0.2) is 17.8 Å². The van der Waals surface area contributed by atoms with Gasteiger partial charge in [0.15, 0.2) is 0 Å². The first kappa shape index (κ1) is 13.8. The number of rotatable bonds is 5. The van der Waals surface area contributed by atoms with Crippen LogP contribution in [0.3, 0.4) is 0 Å². The van der Waals surface area contributed by atoms with Crippen molar-refractivity contribution in [2.45, 2.75) is 44.6 Å². The predicted octanol–water partition coefficient (Wildman–Crippen LogP) is 3.42. The van der Waals surface area contributed by atoms with Crippen molar-refractivity contribution in [3.8, 4) is 0 Å². The minimum absolute atomic E-state index is 0.714. The fourth-order valence-electron chi connectivity index (χ4n) is 2.87. The van der Waals surface area contributed by atoms with E-state index in [-0.39, 0.29) is 0 Å². The van der Waals surface area contributed by atoms with Crippen LogP contribution in [0.2, 0.25) is 0 Å². The van der Waals surface area contributed by atoms with E-state index in [4.69, 9.17) is 0 Å². The van der Waals surface area contributed by atoms with Crippen LogP contribution in [0, 0.1) is 0 Å². The molecule has 0 unspecified atom stereocenters. The lowest BCUT2D eigenvalue weighted by atomic mass is 10.1. The molecule has 0 spiro atoms. The van der Waals surface area contributed by atoms with Gasteiger partial charge in [-0.05, 0) is 24.3 Å². The van der Waals surface area contributed by atoms with E-state index in [0.717, 1.165) is 29.1 Å². The lowest BCUT2D eigenvalue weighted by Gasteiger charge is -2.16. The second-order valence-corrected chi connectivity index (χ2v) is 6.33. The smallest absolute Gasteiger partial charge is 0.138 e. The molecule has 0 radical (unpaired) electrons. The first-order valence-electron chi connectivity index (χ1n) is 7.59. The van der Waals surface area contributed by atoms with Gasteiger partial charge in [0.05, 0.1) is 5.39 Å². The van der Waals surface area contributed by atoms with E-state index in [0.29, 0.717) is 6.04 Å². The minimum atomic E-state index is 0.714. The quantitative estimate of drug-likeness (QED) is 0.654. The van der Waals surface area contributed by atoms with Crippen LogP contribution >= 0.6 is 11.3 Å². The van der Waals surface area contributed by atoms with Gasteiger partial charge in [-0.2, -0.15) is 0 Å². The Hall–Kier alpha value is -1.20. The zero-order valence-corrected chi connectivity index (χ0v) is 12.6. The summed E-state index contributed by atoms with van der Waals surface area (Å²) >= 11 is 1.66. The molecule has 3 rings (SSSR count). The molecule has 1 aliphatic carbocycles. The molecular weight excluding hydrogens is 268 g/mol. The van der Waals surface area contributed by atoms with Gasteiger partial charge in [-0.3, -0.25) is 0 Å². The minimum Gasteiger partial charge on any atom is -0.368 e. The molecule has 20 heavy (non-hydrogen) atoms. The molecule has 0 aliphatic heterocycles. The summed E-state index contributed by atoms with van der Waals surface area (Å²) in [5.41, 5.74) is 0. The maximum atomic E-state index is 4.34. The molecule has 5 heteroatoms. The zero-order chi connectivity index (χ0) is 13.6. The van der Waals surface area contributed by atoms with Crippen molar-refractivity contribution in [2.24, 2.45) is 0 Å². The summed E-state index contributed by atoms with van der Waals surface area (Å²) in [6.45, 7) is 1.92. The lowest BCUT2D eigenvalue weighted by Crippen LogP contribution is -2.32. The number of nitrogens with one attached hydrogen (secondary N) is 2. The van der Waals surface area contributed by atoms with Crippen molar-refractivity contribution in [3.05, 3.63) is 17.8 Å². The van der Waals surface area contributed by atoms with Crippen molar-refractivity contribution in [3.63, 3.8) is 0 Å². The number of thiophene rings is 1. The van der Waals surface area contributed by atoms with Gasteiger partial charge >= 0.3 is 0 Å². The Labute approximate surface area is 124 Å². The van der Waals surface area contributed by atoms with Crippen LogP contribution in [0.5, 0.6) is 0 Å². The summed E-state index contributed by atoms with van der Waals surface area (Å²) in [7, 11) is 0. The molecule has 2 heterocycles. The first-order valence-corrected chi connectivity index (χ1v) is 8.47. The van der Waals surface area contributed by atoms with E-state index < -0.39 is 0 Å². The third-order valence-corrected chi connectivity index (χ3v) is 4.79. The van der Waals surface area contributed by atoms with Gasteiger partial charge in [0.25, 0.3) is 0 Å². The highest BCUT2D eigenvalue weighted by Crippen LogP contribution is 2.23. The number of nitrogens with zero attached hydrogens (tertiary/aromatic N) is 2. The standard InChI is InChI=1S/C15H22N4S/c1-2-4-6-12(5-3-1)16-8-9-17-14-13-7-10-20-15(13)19-11-18-14/h7,10-12,16H,1-6,8-9H2,(H,17,18,19). The van der Waals surface area contributed by atoms with Crippen molar-refractivity contribution in [1.29, 1.82) is 0 Å². The van der Waals surface area contributed by atoms with E-state index in [1.807, 2.05) is 0 Å². The molecule has 4 nitrogen and oxygen atoms in total. The molecule has 2 N–H and O–H groups in total. The Bertz CT molecular complexity index is 531. The average molecular weight is 290 g/mol. The average Bonchev–Trinajstić information content (AvgIpc) is 2.81. The largest absolute Gasteiger partial charge is 0.368 e. The fraction of sp³-hybridized carbons (Fsp3) is 0.600. The summed E-state index contributed by atoms with van der Waals surface area (Å²) in [6.07, 6.45) is 9.89. The van der Waals surface area contributed by atoms with E-state index in [2.05, 4.69) is 32.0 Å². The molecule has 0 amide bonds. The van der Waals surface area contributed by atoms with Crippen molar-refractivity contribution in [1.82, 2.24) is 15.3 Å². The van der Waals surface area contributed by atoms with Gasteiger partial charge in [0.1, 0.15) is 17.0 Å². The molecule has 1 saturated carbocycles. The van der Waals surface area contributed by atoms with Crippen LogP contribution in [-0.2, 0) is 0 Å². The van der Waals surface area contributed by atoms with E-state index in [9.17, 15) is 0 Å². The number of hydrogen-bond donors (Lipinski definition) is 2. The van der Waals surface area contributed by atoms with Crippen LogP contribution < -0.4 is 10.6 Å². The molecule has 0 aromatic carbocycles. The third kappa shape index (κ3) is 3.46. The molecular formula is C15H22N4S. The highest BCUT2D eigenvalue weighted by Gasteiger charge is 2.11.